The molecule has 2 aromatic carbocycles. The van der Waals surface area contributed by atoms with Crippen molar-refractivity contribution in [3.8, 4) is 5.75 Å². The van der Waals surface area contributed by atoms with Crippen molar-refractivity contribution >= 4 is 34.8 Å². The molecule has 0 saturated carbocycles. The summed E-state index contributed by atoms with van der Waals surface area (Å²) in [7, 11) is 1.71. The third-order valence-corrected chi connectivity index (χ3v) is 4.12. The molecular weight excluding hydrogens is 328 g/mol. The molecule has 0 spiro atoms. The minimum absolute atomic E-state index is 0.0953. The van der Waals surface area contributed by atoms with E-state index in [1.807, 2.05) is 12.1 Å². The topological polar surface area (TPSA) is 58.6 Å². The third kappa shape index (κ3) is 3.36. The zero-order valence-corrected chi connectivity index (χ0v) is 14.1. The van der Waals surface area contributed by atoms with Crippen molar-refractivity contribution in [1.82, 2.24) is 0 Å². The number of anilines is 2. The van der Waals surface area contributed by atoms with Crippen LogP contribution in [0.15, 0.2) is 42.5 Å². The van der Waals surface area contributed by atoms with E-state index in [1.54, 1.807) is 49.2 Å². The fourth-order valence-corrected chi connectivity index (χ4v) is 2.71. The van der Waals surface area contributed by atoms with Crippen molar-refractivity contribution in [1.29, 1.82) is 0 Å². The lowest BCUT2D eigenvalue weighted by Gasteiger charge is -2.30. The van der Waals surface area contributed by atoms with Gasteiger partial charge in [0, 0.05) is 23.8 Å². The van der Waals surface area contributed by atoms with E-state index in [0.717, 1.165) is 5.56 Å². The first-order valence-corrected chi connectivity index (χ1v) is 7.94. The van der Waals surface area contributed by atoms with Crippen LogP contribution in [0.1, 0.15) is 12.5 Å². The molecule has 0 radical (unpaired) electrons. The first-order chi connectivity index (χ1) is 11.4. The Morgan fingerprint density at radius 3 is 2.67 bits per heavy atom. The fourth-order valence-electron chi connectivity index (χ4n) is 2.59. The number of ether oxygens (including phenoxy) is 1. The molecular formula is C18H17ClN2O3. The quantitative estimate of drug-likeness (QED) is 0.929. The number of carbonyl (C=O) groups excluding carboxylic acids is 2. The molecule has 3 rings (SSSR count). The Labute approximate surface area is 145 Å². The molecule has 1 aliphatic rings. The van der Waals surface area contributed by atoms with Gasteiger partial charge in [0.25, 0.3) is 5.91 Å². The first-order valence-electron chi connectivity index (χ1n) is 7.56. The lowest BCUT2D eigenvalue weighted by molar-refractivity contribution is -0.125. The van der Waals surface area contributed by atoms with Gasteiger partial charge in [-0.1, -0.05) is 23.7 Å². The first kappa shape index (κ1) is 16.3. The van der Waals surface area contributed by atoms with E-state index in [4.69, 9.17) is 16.3 Å². The van der Waals surface area contributed by atoms with Crippen LogP contribution in [-0.4, -0.2) is 25.0 Å². The summed E-state index contributed by atoms with van der Waals surface area (Å²) < 4.78 is 5.61. The Kier molecular flexibility index (Phi) is 4.44. The Hall–Kier alpha value is -2.53. The predicted molar refractivity (Wildman–Crippen MR) is 93.7 cm³/mol. The monoisotopic (exact) mass is 344 g/mol. The predicted octanol–water partition coefficient (Wildman–Crippen LogP) is 3.26. The van der Waals surface area contributed by atoms with Crippen LogP contribution in [0.5, 0.6) is 5.75 Å². The maximum atomic E-state index is 12.2. The summed E-state index contributed by atoms with van der Waals surface area (Å²) in [6.07, 6.45) is -0.285. The number of halogens is 1. The number of nitrogens with one attached hydrogen (secondary N) is 1. The van der Waals surface area contributed by atoms with E-state index in [9.17, 15) is 9.59 Å². The third-order valence-electron chi connectivity index (χ3n) is 3.86. The van der Waals surface area contributed by atoms with Gasteiger partial charge in [-0.25, -0.2) is 0 Å². The van der Waals surface area contributed by atoms with Gasteiger partial charge in [-0.15, -0.1) is 0 Å². The summed E-state index contributed by atoms with van der Waals surface area (Å²) >= 11 is 5.84. The van der Waals surface area contributed by atoms with Crippen molar-refractivity contribution in [3.63, 3.8) is 0 Å². The van der Waals surface area contributed by atoms with Gasteiger partial charge in [-0.3, -0.25) is 9.59 Å². The van der Waals surface area contributed by atoms with Gasteiger partial charge < -0.3 is 15.0 Å². The summed E-state index contributed by atoms with van der Waals surface area (Å²) in [5, 5.41) is 3.48. The number of nitrogens with zero attached hydrogens (tertiary/aromatic N) is 1. The van der Waals surface area contributed by atoms with Crippen LogP contribution >= 0.6 is 11.6 Å². The second-order valence-electron chi connectivity index (χ2n) is 5.69. The number of fused-ring (bicyclic) bond motifs is 1. The SMILES string of the molecule is CC1Oc2cc(NC(=O)Cc3ccc(Cl)cc3)ccc2N(C)C1=O. The van der Waals surface area contributed by atoms with E-state index < -0.39 is 6.10 Å². The van der Waals surface area contributed by atoms with Crippen molar-refractivity contribution in [2.45, 2.75) is 19.4 Å². The minimum Gasteiger partial charge on any atom is -0.479 e. The molecule has 5 nitrogen and oxygen atoms in total. The van der Waals surface area contributed by atoms with Gasteiger partial charge in [0.2, 0.25) is 5.91 Å². The molecule has 0 bridgehead atoms. The molecule has 0 aromatic heterocycles. The molecule has 1 aliphatic heterocycles. The number of hydrogen-bond acceptors (Lipinski definition) is 3. The van der Waals surface area contributed by atoms with Gasteiger partial charge in [0.1, 0.15) is 5.75 Å². The van der Waals surface area contributed by atoms with E-state index in [-0.39, 0.29) is 18.2 Å². The minimum atomic E-state index is -0.539. The average molecular weight is 345 g/mol. The van der Waals surface area contributed by atoms with Gasteiger partial charge in [-0.05, 0) is 36.8 Å². The molecule has 0 fully saturated rings. The van der Waals surface area contributed by atoms with E-state index in [0.29, 0.717) is 22.1 Å². The number of rotatable bonds is 3. The van der Waals surface area contributed by atoms with Crippen LogP contribution in [0, 0.1) is 0 Å². The van der Waals surface area contributed by atoms with Crippen LogP contribution < -0.4 is 15.0 Å². The maximum Gasteiger partial charge on any atom is 0.267 e. The highest BCUT2D eigenvalue weighted by atomic mass is 35.5. The molecule has 0 saturated heterocycles. The normalized spacial score (nSPS) is 16.4. The van der Waals surface area contributed by atoms with Gasteiger partial charge in [0.15, 0.2) is 6.10 Å². The summed E-state index contributed by atoms with van der Waals surface area (Å²) in [5.74, 6) is 0.349. The second kappa shape index (κ2) is 6.53. The second-order valence-corrected chi connectivity index (χ2v) is 6.13. The molecule has 6 heteroatoms. The van der Waals surface area contributed by atoms with Crippen molar-refractivity contribution in [2.24, 2.45) is 0 Å². The van der Waals surface area contributed by atoms with E-state index >= 15 is 0 Å². The van der Waals surface area contributed by atoms with Crippen LogP contribution in [-0.2, 0) is 16.0 Å². The fraction of sp³-hybridized carbons (Fsp3) is 0.222. The summed E-state index contributed by atoms with van der Waals surface area (Å²) in [5.41, 5.74) is 2.20. The molecule has 2 amide bonds. The highest BCUT2D eigenvalue weighted by molar-refractivity contribution is 6.30. The molecule has 1 N–H and O–H groups in total. The highest BCUT2D eigenvalue weighted by Gasteiger charge is 2.28. The average Bonchev–Trinajstić information content (AvgIpc) is 2.55. The van der Waals surface area contributed by atoms with Crippen molar-refractivity contribution < 1.29 is 14.3 Å². The Morgan fingerprint density at radius 1 is 1.25 bits per heavy atom. The lowest BCUT2D eigenvalue weighted by atomic mass is 10.1. The van der Waals surface area contributed by atoms with Gasteiger partial charge in [0.05, 0.1) is 12.1 Å². The van der Waals surface area contributed by atoms with E-state index in [1.165, 1.54) is 0 Å². The number of amides is 2. The zero-order chi connectivity index (χ0) is 17.3. The van der Waals surface area contributed by atoms with Crippen LogP contribution in [0.25, 0.3) is 0 Å². The smallest absolute Gasteiger partial charge is 0.267 e. The number of likely N-dealkylation sites (N-methyl/N-ethyl adjacent to an activating group) is 1. The lowest BCUT2D eigenvalue weighted by Crippen LogP contribution is -2.41. The molecule has 1 unspecified atom stereocenters. The highest BCUT2D eigenvalue weighted by Crippen LogP contribution is 2.35. The Bertz CT molecular complexity index is 789. The molecule has 1 atom stereocenters. The standard InChI is InChI=1S/C18H17ClN2O3/c1-11-18(23)21(2)15-8-7-14(10-16(15)24-11)20-17(22)9-12-3-5-13(19)6-4-12/h3-8,10-11H,9H2,1-2H3,(H,20,22). The van der Waals surface area contributed by atoms with Crippen molar-refractivity contribution in [3.05, 3.63) is 53.1 Å². The Balaban J connectivity index is 1.72. The molecule has 124 valence electrons. The molecule has 24 heavy (non-hydrogen) atoms. The van der Waals surface area contributed by atoms with E-state index in [2.05, 4.69) is 5.32 Å². The van der Waals surface area contributed by atoms with Gasteiger partial charge >= 0.3 is 0 Å². The van der Waals surface area contributed by atoms with Crippen molar-refractivity contribution in [2.75, 3.05) is 17.3 Å². The number of carbonyl (C=O) groups is 2. The molecule has 1 heterocycles. The van der Waals surface area contributed by atoms with Crippen LogP contribution in [0.4, 0.5) is 11.4 Å². The number of hydrogen-bond donors (Lipinski definition) is 1. The zero-order valence-electron chi connectivity index (χ0n) is 13.4. The Morgan fingerprint density at radius 2 is 1.96 bits per heavy atom. The maximum absolute atomic E-state index is 12.2. The van der Waals surface area contributed by atoms with Gasteiger partial charge in [-0.2, -0.15) is 0 Å². The summed E-state index contributed by atoms with van der Waals surface area (Å²) in [6, 6.07) is 12.4. The summed E-state index contributed by atoms with van der Waals surface area (Å²) in [6.45, 7) is 1.70. The van der Waals surface area contributed by atoms with Crippen LogP contribution in [0.2, 0.25) is 5.02 Å². The largest absolute Gasteiger partial charge is 0.479 e. The summed E-state index contributed by atoms with van der Waals surface area (Å²) in [4.78, 5) is 25.6. The van der Waals surface area contributed by atoms with Crippen LogP contribution in [0.3, 0.4) is 0 Å². The number of benzene rings is 2. The molecule has 2 aromatic rings. The molecule has 0 aliphatic carbocycles.